The molecule has 1 aliphatic rings. The highest BCUT2D eigenvalue weighted by Gasteiger charge is 2.42. The Morgan fingerprint density at radius 1 is 1.21 bits per heavy atom. The Hall–Kier alpha value is -2.41. The molecule has 2 aromatic carbocycles. The van der Waals surface area contributed by atoms with Crippen LogP contribution in [0.25, 0.3) is 0 Å². The summed E-state index contributed by atoms with van der Waals surface area (Å²) >= 11 is 0. The van der Waals surface area contributed by atoms with Gasteiger partial charge in [-0.05, 0) is 36.1 Å². The lowest BCUT2D eigenvalue weighted by molar-refractivity contribution is -0.151. The molecule has 0 spiro atoms. The third kappa shape index (κ3) is 5.79. The highest BCUT2D eigenvalue weighted by molar-refractivity contribution is 5.76. The van der Waals surface area contributed by atoms with Gasteiger partial charge in [0.15, 0.2) is 0 Å². The zero-order valence-corrected chi connectivity index (χ0v) is 16.9. The fourth-order valence-electron chi connectivity index (χ4n) is 3.71. The molecule has 29 heavy (non-hydrogen) atoms. The van der Waals surface area contributed by atoms with Crippen molar-refractivity contribution in [3.63, 3.8) is 0 Å². The number of carbonyl (C=O) groups is 1. The van der Waals surface area contributed by atoms with E-state index in [1.165, 1.54) is 0 Å². The fraction of sp³-hybridized carbons (Fsp3) is 0.435. The van der Waals surface area contributed by atoms with Crippen LogP contribution < -0.4 is 10.1 Å². The first-order valence-electron chi connectivity index (χ1n) is 10.1. The highest BCUT2D eigenvalue weighted by atomic mass is 16.5. The minimum atomic E-state index is -1.36. The maximum Gasteiger partial charge on any atom is 0.223 e. The van der Waals surface area contributed by atoms with Gasteiger partial charge < -0.3 is 25.2 Å². The predicted molar refractivity (Wildman–Crippen MR) is 112 cm³/mol. The van der Waals surface area contributed by atoms with Crippen LogP contribution in [0, 0.1) is 0 Å². The van der Waals surface area contributed by atoms with Gasteiger partial charge in [0.25, 0.3) is 0 Å². The molecule has 1 aliphatic heterocycles. The van der Waals surface area contributed by atoms with E-state index >= 15 is 0 Å². The molecule has 6 heteroatoms. The van der Waals surface area contributed by atoms with Gasteiger partial charge in [-0.1, -0.05) is 42.5 Å². The number of β-amino-alcohol motifs (C(OH)–C–C–N with tert-alkyl or cyclic N) is 1. The van der Waals surface area contributed by atoms with E-state index in [0.29, 0.717) is 32.4 Å². The number of nitrogens with zero attached hydrogens (tertiary/aromatic N) is 1. The zero-order valence-electron chi connectivity index (χ0n) is 16.9. The number of ether oxygens (including phenoxy) is 1. The van der Waals surface area contributed by atoms with Crippen LogP contribution in [0.5, 0.6) is 5.75 Å². The Bertz CT molecular complexity index is 798. The van der Waals surface area contributed by atoms with Crippen molar-refractivity contribution in [3.05, 3.63) is 65.7 Å². The second-order valence-electron chi connectivity index (χ2n) is 7.66. The molecule has 1 fully saturated rings. The Morgan fingerprint density at radius 2 is 1.97 bits per heavy atom. The van der Waals surface area contributed by atoms with Crippen LogP contribution in [-0.2, 0) is 17.8 Å². The molecule has 0 bridgehead atoms. The highest BCUT2D eigenvalue weighted by Crippen LogP contribution is 2.23. The monoisotopic (exact) mass is 398 g/mol. The second-order valence-corrected chi connectivity index (χ2v) is 7.66. The molecule has 2 atom stereocenters. The van der Waals surface area contributed by atoms with Crippen molar-refractivity contribution < 1.29 is 19.7 Å². The van der Waals surface area contributed by atoms with Crippen LogP contribution in [0.4, 0.5) is 0 Å². The maximum atomic E-state index is 12.6. The topological polar surface area (TPSA) is 82.0 Å². The summed E-state index contributed by atoms with van der Waals surface area (Å²) in [6.45, 7) is 1.34. The van der Waals surface area contributed by atoms with Gasteiger partial charge >= 0.3 is 0 Å². The van der Waals surface area contributed by atoms with Crippen LogP contribution in [0.2, 0.25) is 0 Å². The molecule has 156 valence electrons. The molecule has 0 aliphatic carbocycles. The van der Waals surface area contributed by atoms with Gasteiger partial charge in [0.05, 0.1) is 19.8 Å². The lowest BCUT2D eigenvalue weighted by atomic mass is 9.89. The third-order valence-corrected chi connectivity index (χ3v) is 5.47. The number of aryl methyl sites for hydroxylation is 1. The maximum absolute atomic E-state index is 12.6. The van der Waals surface area contributed by atoms with Crippen LogP contribution in [0.1, 0.15) is 24.0 Å². The van der Waals surface area contributed by atoms with Gasteiger partial charge in [-0.3, -0.25) is 4.79 Å². The number of carbonyl (C=O) groups excluding carboxylic acids is 1. The number of methoxy groups -OCH3 is 1. The van der Waals surface area contributed by atoms with Gasteiger partial charge in [0.1, 0.15) is 11.4 Å². The standard InChI is InChI=1S/C23H30N2O4/c1-29-20-9-5-8-19(14-20)15-24-16-23(28)17-25(13-12-21(23)26)22(27)11-10-18-6-3-2-4-7-18/h2-9,14,21,24,26,28H,10-13,15-17H2,1H3/t21-,23+/m0/s1. The number of benzene rings is 2. The molecule has 3 rings (SSSR count). The third-order valence-electron chi connectivity index (χ3n) is 5.47. The normalized spacial score (nSPS) is 21.8. The molecular formula is C23H30N2O4. The fourth-order valence-corrected chi connectivity index (χ4v) is 3.71. The van der Waals surface area contributed by atoms with E-state index in [-0.39, 0.29) is 19.0 Å². The lowest BCUT2D eigenvalue weighted by Gasteiger charge is -2.43. The molecule has 0 radical (unpaired) electrons. The van der Waals surface area contributed by atoms with Crippen LogP contribution in [-0.4, -0.2) is 59.5 Å². The molecule has 1 heterocycles. The van der Waals surface area contributed by atoms with Crippen molar-refractivity contribution in [1.29, 1.82) is 0 Å². The average molecular weight is 399 g/mol. The number of amides is 1. The van der Waals surface area contributed by atoms with Crippen LogP contribution >= 0.6 is 0 Å². The van der Waals surface area contributed by atoms with E-state index < -0.39 is 11.7 Å². The first kappa shape index (κ1) is 21.3. The summed E-state index contributed by atoms with van der Waals surface area (Å²) in [5.41, 5.74) is 0.779. The van der Waals surface area contributed by atoms with Gasteiger partial charge in [-0.15, -0.1) is 0 Å². The number of nitrogens with one attached hydrogen (secondary N) is 1. The molecular weight excluding hydrogens is 368 g/mol. The van der Waals surface area contributed by atoms with E-state index in [4.69, 9.17) is 4.74 Å². The Balaban J connectivity index is 1.52. The summed E-state index contributed by atoms with van der Waals surface area (Å²) in [5.74, 6) is 0.780. The first-order chi connectivity index (χ1) is 14.0. The Kier molecular flexibility index (Phi) is 7.25. The van der Waals surface area contributed by atoms with Crippen LogP contribution in [0.15, 0.2) is 54.6 Å². The zero-order chi connectivity index (χ0) is 20.7. The summed E-state index contributed by atoms with van der Waals surface area (Å²) < 4.78 is 5.22. The molecule has 1 saturated heterocycles. The predicted octanol–water partition coefficient (Wildman–Crippen LogP) is 1.74. The van der Waals surface area contributed by atoms with Gasteiger partial charge in [-0.2, -0.15) is 0 Å². The number of hydrogen-bond donors (Lipinski definition) is 3. The molecule has 3 N–H and O–H groups in total. The Morgan fingerprint density at radius 3 is 2.72 bits per heavy atom. The van der Waals surface area contributed by atoms with Crippen molar-refractivity contribution in [2.75, 3.05) is 26.7 Å². The van der Waals surface area contributed by atoms with E-state index in [0.717, 1.165) is 16.9 Å². The number of rotatable bonds is 8. The van der Waals surface area contributed by atoms with E-state index in [9.17, 15) is 15.0 Å². The largest absolute Gasteiger partial charge is 0.497 e. The molecule has 6 nitrogen and oxygen atoms in total. The summed E-state index contributed by atoms with van der Waals surface area (Å²) in [6, 6.07) is 17.6. The SMILES string of the molecule is COc1cccc(CNC[C@@]2(O)CN(C(=O)CCc3ccccc3)CC[C@@H]2O)c1. The van der Waals surface area contributed by atoms with Crippen molar-refractivity contribution in [1.82, 2.24) is 10.2 Å². The van der Waals surface area contributed by atoms with Crippen molar-refractivity contribution in [2.24, 2.45) is 0 Å². The summed E-state index contributed by atoms with van der Waals surface area (Å²) in [4.78, 5) is 14.3. The van der Waals surface area contributed by atoms with Crippen molar-refractivity contribution >= 4 is 5.91 Å². The summed E-state index contributed by atoms with van der Waals surface area (Å²) in [7, 11) is 1.62. The van der Waals surface area contributed by atoms with E-state index in [1.807, 2.05) is 54.6 Å². The van der Waals surface area contributed by atoms with Crippen molar-refractivity contribution in [2.45, 2.75) is 37.5 Å². The number of piperidine rings is 1. The van der Waals surface area contributed by atoms with Crippen molar-refractivity contribution in [3.8, 4) is 5.75 Å². The number of aliphatic hydroxyl groups is 2. The van der Waals surface area contributed by atoms with E-state index in [2.05, 4.69) is 5.32 Å². The second kappa shape index (κ2) is 9.87. The molecule has 0 unspecified atom stereocenters. The number of hydrogen-bond acceptors (Lipinski definition) is 5. The Labute approximate surface area is 172 Å². The minimum absolute atomic E-state index is 0.00646. The molecule has 0 aromatic heterocycles. The van der Waals surface area contributed by atoms with Gasteiger partial charge in [0, 0.05) is 26.1 Å². The number of likely N-dealkylation sites (tertiary alicyclic amines) is 1. The molecule has 0 saturated carbocycles. The van der Waals surface area contributed by atoms with E-state index in [1.54, 1.807) is 12.0 Å². The minimum Gasteiger partial charge on any atom is -0.497 e. The molecule has 1 amide bonds. The van der Waals surface area contributed by atoms with Crippen LogP contribution in [0.3, 0.4) is 0 Å². The lowest BCUT2D eigenvalue weighted by Crippen LogP contribution is -2.62. The molecule has 2 aromatic rings. The quantitative estimate of drug-likeness (QED) is 0.631. The first-order valence-corrected chi connectivity index (χ1v) is 10.1. The van der Waals surface area contributed by atoms with Gasteiger partial charge in [0.2, 0.25) is 5.91 Å². The number of aliphatic hydroxyl groups excluding tert-OH is 1. The summed E-state index contributed by atoms with van der Waals surface area (Å²) in [6.07, 6.45) is 0.575. The smallest absolute Gasteiger partial charge is 0.223 e. The average Bonchev–Trinajstić information content (AvgIpc) is 2.75. The van der Waals surface area contributed by atoms with Gasteiger partial charge in [-0.25, -0.2) is 0 Å². The summed E-state index contributed by atoms with van der Waals surface area (Å²) in [5, 5.41) is 24.6.